The maximum absolute atomic E-state index is 13.8. The van der Waals surface area contributed by atoms with Crippen molar-refractivity contribution in [2.45, 2.75) is 46.3 Å². The van der Waals surface area contributed by atoms with Gasteiger partial charge in [0.25, 0.3) is 5.91 Å². The summed E-state index contributed by atoms with van der Waals surface area (Å²) in [5.74, 6) is -1.86. The van der Waals surface area contributed by atoms with Gasteiger partial charge in [0.15, 0.2) is 5.69 Å². The molecule has 0 spiro atoms. The quantitative estimate of drug-likeness (QED) is 0.547. The lowest BCUT2D eigenvalue weighted by molar-refractivity contribution is -0.126. The van der Waals surface area contributed by atoms with E-state index < -0.39 is 23.3 Å². The van der Waals surface area contributed by atoms with E-state index in [1.54, 1.807) is 26.0 Å². The number of nitrogens with zero attached hydrogens (tertiary/aromatic N) is 3. The standard InChI is InChI=1S/C26H27FN4O4/c1-5-35-24(33)20-13-22-23(32)31(21-11-6-16(2)12-17(21)3)26(4,15-30(22)29-20)25(34)28-14-18-7-9-19(27)10-8-18/h6-13H,5,14-15H2,1-4H3,(H,28,34)/t26-/m0/s1. The number of halogens is 1. The number of carbonyl (C=O) groups is 3. The zero-order valence-corrected chi connectivity index (χ0v) is 20.1. The molecular weight excluding hydrogens is 451 g/mol. The topological polar surface area (TPSA) is 93.5 Å². The first-order valence-corrected chi connectivity index (χ1v) is 11.3. The summed E-state index contributed by atoms with van der Waals surface area (Å²) in [5, 5.41) is 7.14. The van der Waals surface area contributed by atoms with Gasteiger partial charge in [0, 0.05) is 18.3 Å². The van der Waals surface area contributed by atoms with E-state index >= 15 is 0 Å². The van der Waals surface area contributed by atoms with E-state index in [1.165, 1.54) is 27.8 Å². The molecule has 8 nitrogen and oxygen atoms in total. The van der Waals surface area contributed by atoms with Gasteiger partial charge in [0.05, 0.1) is 13.2 Å². The molecule has 0 bridgehead atoms. The van der Waals surface area contributed by atoms with Crippen LogP contribution >= 0.6 is 0 Å². The van der Waals surface area contributed by atoms with Crippen molar-refractivity contribution in [2.24, 2.45) is 0 Å². The first kappa shape index (κ1) is 24.1. The van der Waals surface area contributed by atoms with Crippen LogP contribution in [0.3, 0.4) is 0 Å². The summed E-state index contributed by atoms with van der Waals surface area (Å²) in [6.45, 7) is 7.53. The second kappa shape index (κ2) is 9.32. The Morgan fingerprint density at radius 2 is 1.86 bits per heavy atom. The molecule has 1 aliphatic heterocycles. The Hall–Kier alpha value is -4.01. The minimum atomic E-state index is -1.36. The van der Waals surface area contributed by atoms with Gasteiger partial charge in [0.1, 0.15) is 17.1 Å². The van der Waals surface area contributed by atoms with E-state index in [9.17, 15) is 18.8 Å². The summed E-state index contributed by atoms with van der Waals surface area (Å²) in [6, 6.07) is 12.8. The van der Waals surface area contributed by atoms with Gasteiger partial charge in [-0.1, -0.05) is 29.8 Å². The zero-order chi connectivity index (χ0) is 25.3. The average Bonchev–Trinajstić information content (AvgIpc) is 3.24. The molecule has 0 fully saturated rings. The minimum Gasteiger partial charge on any atom is -0.461 e. The summed E-state index contributed by atoms with van der Waals surface area (Å²) < 4.78 is 19.7. The monoisotopic (exact) mass is 478 g/mol. The van der Waals surface area contributed by atoms with Crippen molar-refractivity contribution in [3.05, 3.63) is 82.4 Å². The van der Waals surface area contributed by atoms with Crippen LogP contribution in [0.15, 0.2) is 48.5 Å². The fourth-order valence-electron chi connectivity index (χ4n) is 4.30. The molecular formula is C26H27FN4O4. The molecule has 0 unspecified atom stereocenters. The SMILES string of the molecule is CCOC(=O)c1cc2n(n1)C[C@@](C)(C(=O)NCc1ccc(F)cc1)N(c1ccc(C)cc1C)C2=O. The number of fused-ring (bicyclic) bond motifs is 1. The highest BCUT2D eigenvalue weighted by Crippen LogP contribution is 2.35. The summed E-state index contributed by atoms with van der Waals surface area (Å²) in [4.78, 5) is 41.1. The van der Waals surface area contributed by atoms with Crippen molar-refractivity contribution in [2.75, 3.05) is 11.5 Å². The second-order valence-corrected chi connectivity index (χ2v) is 8.81. The number of esters is 1. The van der Waals surface area contributed by atoms with Crippen LogP contribution in [0.1, 0.15) is 51.5 Å². The van der Waals surface area contributed by atoms with Crippen LogP contribution in [0.4, 0.5) is 10.1 Å². The number of hydrogen-bond donors (Lipinski definition) is 1. The normalized spacial score (nSPS) is 17.2. The first-order valence-electron chi connectivity index (χ1n) is 11.3. The number of benzene rings is 2. The van der Waals surface area contributed by atoms with E-state index in [2.05, 4.69) is 10.4 Å². The lowest BCUT2D eigenvalue weighted by atomic mass is 9.92. The zero-order valence-electron chi connectivity index (χ0n) is 20.1. The maximum Gasteiger partial charge on any atom is 0.358 e. The Balaban J connectivity index is 1.74. The van der Waals surface area contributed by atoms with Crippen LogP contribution in [-0.2, 0) is 22.6 Å². The average molecular weight is 479 g/mol. The molecule has 0 saturated heterocycles. The molecule has 1 atom stereocenters. The van der Waals surface area contributed by atoms with Crippen molar-refractivity contribution >= 4 is 23.5 Å². The van der Waals surface area contributed by atoms with Gasteiger partial charge in [-0.15, -0.1) is 0 Å². The first-order chi connectivity index (χ1) is 16.6. The summed E-state index contributed by atoms with van der Waals surface area (Å²) >= 11 is 0. The van der Waals surface area contributed by atoms with Crippen molar-refractivity contribution in [3.8, 4) is 0 Å². The number of carbonyl (C=O) groups excluding carboxylic acids is 3. The summed E-state index contributed by atoms with van der Waals surface area (Å²) in [6.07, 6.45) is 0. The number of aryl methyl sites for hydroxylation is 2. The molecule has 1 aliphatic rings. The lowest BCUT2D eigenvalue weighted by Gasteiger charge is -2.43. The van der Waals surface area contributed by atoms with Gasteiger partial charge in [-0.05, 0) is 57.0 Å². The summed E-state index contributed by atoms with van der Waals surface area (Å²) in [5.41, 5.74) is 1.99. The van der Waals surface area contributed by atoms with Crippen molar-refractivity contribution in [1.29, 1.82) is 0 Å². The fourth-order valence-corrected chi connectivity index (χ4v) is 4.30. The number of hydrogen-bond acceptors (Lipinski definition) is 5. The Bertz CT molecular complexity index is 1300. The third kappa shape index (κ3) is 4.53. The molecule has 9 heteroatoms. The molecule has 2 heterocycles. The molecule has 2 amide bonds. The van der Waals surface area contributed by atoms with Gasteiger partial charge >= 0.3 is 5.97 Å². The Morgan fingerprint density at radius 3 is 2.51 bits per heavy atom. The van der Waals surface area contributed by atoms with Crippen molar-refractivity contribution < 1.29 is 23.5 Å². The lowest BCUT2D eigenvalue weighted by Crippen LogP contribution is -2.64. The van der Waals surface area contributed by atoms with Gasteiger partial charge in [-0.2, -0.15) is 5.10 Å². The van der Waals surface area contributed by atoms with Gasteiger partial charge < -0.3 is 10.1 Å². The maximum atomic E-state index is 13.8. The number of rotatable bonds is 6. The van der Waals surface area contributed by atoms with E-state index in [1.807, 2.05) is 32.0 Å². The second-order valence-electron chi connectivity index (χ2n) is 8.81. The van der Waals surface area contributed by atoms with E-state index in [4.69, 9.17) is 4.74 Å². The predicted octanol–water partition coefficient (Wildman–Crippen LogP) is 3.55. The molecule has 1 N–H and O–H groups in total. The Labute approximate surface area is 202 Å². The van der Waals surface area contributed by atoms with Crippen molar-refractivity contribution in [1.82, 2.24) is 15.1 Å². The van der Waals surface area contributed by atoms with Crippen LogP contribution in [-0.4, -0.2) is 39.7 Å². The molecule has 35 heavy (non-hydrogen) atoms. The highest BCUT2D eigenvalue weighted by Gasteiger charge is 2.49. The number of amides is 2. The molecule has 0 aliphatic carbocycles. The summed E-state index contributed by atoms with van der Waals surface area (Å²) in [7, 11) is 0. The Kier molecular flexibility index (Phi) is 6.43. The van der Waals surface area contributed by atoms with Crippen LogP contribution in [0.5, 0.6) is 0 Å². The van der Waals surface area contributed by atoms with Gasteiger partial charge in [-0.3, -0.25) is 19.2 Å². The molecule has 0 radical (unpaired) electrons. The number of anilines is 1. The van der Waals surface area contributed by atoms with Gasteiger partial charge in [-0.25, -0.2) is 9.18 Å². The molecule has 0 saturated carbocycles. The molecule has 3 aromatic rings. The highest BCUT2D eigenvalue weighted by molar-refractivity contribution is 6.12. The fraction of sp³-hybridized carbons (Fsp3) is 0.308. The smallest absolute Gasteiger partial charge is 0.358 e. The third-order valence-electron chi connectivity index (χ3n) is 6.09. The van der Waals surface area contributed by atoms with Crippen LogP contribution in [0, 0.1) is 19.7 Å². The van der Waals surface area contributed by atoms with E-state index in [0.29, 0.717) is 11.3 Å². The number of aromatic nitrogens is 2. The third-order valence-corrected chi connectivity index (χ3v) is 6.09. The molecule has 4 rings (SSSR count). The number of nitrogens with one attached hydrogen (secondary N) is 1. The van der Waals surface area contributed by atoms with Crippen LogP contribution < -0.4 is 10.2 Å². The van der Waals surface area contributed by atoms with Gasteiger partial charge in [0.2, 0.25) is 5.91 Å². The van der Waals surface area contributed by atoms with Crippen LogP contribution in [0.2, 0.25) is 0 Å². The van der Waals surface area contributed by atoms with Crippen LogP contribution in [0.25, 0.3) is 0 Å². The highest BCUT2D eigenvalue weighted by atomic mass is 19.1. The largest absolute Gasteiger partial charge is 0.461 e. The minimum absolute atomic E-state index is 0.00625. The number of ether oxygens (including phenoxy) is 1. The van der Waals surface area contributed by atoms with E-state index in [0.717, 1.165) is 11.1 Å². The molecule has 1 aromatic heterocycles. The van der Waals surface area contributed by atoms with E-state index in [-0.39, 0.29) is 36.9 Å². The molecule has 2 aromatic carbocycles. The Morgan fingerprint density at radius 1 is 1.14 bits per heavy atom. The predicted molar refractivity (Wildman–Crippen MR) is 128 cm³/mol. The molecule has 182 valence electrons. The van der Waals surface area contributed by atoms with Crippen molar-refractivity contribution in [3.63, 3.8) is 0 Å².